The van der Waals surface area contributed by atoms with E-state index in [4.69, 9.17) is 9.47 Å². The van der Waals surface area contributed by atoms with Gasteiger partial charge in [-0.15, -0.1) is 0 Å². The Balaban J connectivity index is 2.06. The van der Waals surface area contributed by atoms with Crippen LogP contribution in [0.25, 0.3) is 0 Å². The third-order valence-electron chi connectivity index (χ3n) is 3.13. The van der Waals surface area contributed by atoms with Gasteiger partial charge in [-0.1, -0.05) is 6.07 Å². The first-order valence-corrected chi connectivity index (χ1v) is 6.33. The summed E-state index contributed by atoms with van der Waals surface area (Å²) in [6, 6.07) is 5.51. The number of aromatic nitrogens is 2. The number of methoxy groups -OCH3 is 2. The molecule has 2 rings (SSSR count). The molecule has 106 valence electrons. The molecular weight excluding hydrogens is 256 g/mol. The Labute approximate surface area is 118 Å². The minimum Gasteiger partial charge on any atom is -0.493 e. The minimum absolute atomic E-state index is 0.117. The van der Waals surface area contributed by atoms with Gasteiger partial charge in [0.25, 0.3) is 0 Å². The van der Waals surface area contributed by atoms with Crippen molar-refractivity contribution in [2.45, 2.75) is 12.8 Å². The monoisotopic (exact) mass is 274 g/mol. The molecular formula is C15H18N2O3. The second-order valence-electron chi connectivity index (χ2n) is 4.54. The summed E-state index contributed by atoms with van der Waals surface area (Å²) in [6.07, 6.45) is 4.21. The van der Waals surface area contributed by atoms with E-state index in [1.165, 1.54) is 0 Å². The van der Waals surface area contributed by atoms with Gasteiger partial charge in [0.15, 0.2) is 11.5 Å². The number of Topliss-reactive ketones (excluding diaryl/α,β-unsaturated/α-hetero) is 1. The van der Waals surface area contributed by atoms with E-state index in [0.717, 1.165) is 11.4 Å². The van der Waals surface area contributed by atoms with E-state index in [1.54, 1.807) is 20.4 Å². The van der Waals surface area contributed by atoms with E-state index in [1.807, 2.05) is 36.0 Å². The number of aryl methyl sites for hydroxylation is 1. The fourth-order valence-corrected chi connectivity index (χ4v) is 2.02. The standard InChI is InChI=1S/C15H18N2O3/c1-17-7-6-16-15(17)10-12(18)8-11-4-5-13(19-2)14(9-11)20-3/h4-7,9H,8,10H2,1-3H3. The molecule has 0 saturated heterocycles. The van der Waals surface area contributed by atoms with E-state index >= 15 is 0 Å². The molecule has 0 radical (unpaired) electrons. The van der Waals surface area contributed by atoms with Crippen LogP contribution >= 0.6 is 0 Å². The molecule has 1 heterocycles. The van der Waals surface area contributed by atoms with E-state index in [2.05, 4.69) is 4.98 Å². The van der Waals surface area contributed by atoms with Crippen molar-refractivity contribution in [3.05, 3.63) is 42.0 Å². The highest BCUT2D eigenvalue weighted by atomic mass is 16.5. The molecule has 0 aliphatic rings. The number of ketones is 1. The Bertz CT molecular complexity index is 605. The number of carbonyl (C=O) groups excluding carboxylic acids is 1. The van der Waals surface area contributed by atoms with Crippen LogP contribution in [0, 0.1) is 0 Å². The van der Waals surface area contributed by atoms with Crippen LogP contribution in [0.5, 0.6) is 11.5 Å². The van der Waals surface area contributed by atoms with Crippen molar-refractivity contribution >= 4 is 5.78 Å². The van der Waals surface area contributed by atoms with E-state index in [0.29, 0.717) is 24.3 Å². The quantitative estimate of drug-likeness (QED) is 0.806. The minimum atomic E-state index is 0.117. The average Bonchev–Trinajstić information content (AvgIpc) is 2.84. The summed E-state index contributed by atoms with van der Waals surface area (Å²) >= 11 is 0. The molecule has 1 aromatic heterocycles. The number of hydrogen-bond acceptors (Lipinski definition) is 4. The molecule has 0 unspecified atom stereocenters. The second kappa shape index (κ2) is 6.23. The van der Waals surface area contributed by atoms with Crippen molar-refractivity contribution < 1.29 is 14.3 Å². The van der Waals surface area contributed by atoms with Gasteiger partial charge >= 0.3 is 0 Å². The predicted octanol–water partition coefficient (Wildman–Crippen LogP) is 1.79. The maximum Gasteiger partial charge on any atom is 0.161 e. The summed E-state index contributed by atoms with van der Waals surface area (Å²) in [4.78, 5) is 16.2. The van der Waals surface area contributed by atoms with Gasteiger partial charge in [0.2, 0.25) is 0 Å². The molecule has 1 aromatic carbocycles. The highest BCUT2D eigenvalue weighted by Gasteiger charge is 2.11. The van der Waals surface area contributed by atoms with Crippen molar-refractivity contribution in [2.75, 3.05) is 14.2 Å². The molecule has 2 aromatic rings. The zero-order valence-electron chi connectivity index (χ0n) is 11.9. The fourth-order valence-electron chi connectivity index (χ4n) is 2.02. The molecule has 0 N–H and O–H groups in total. The fraction of sp³-hybridized carbons (Fsp3) is 0.333. The van der Waals surface area contributed by atoms with Crippen LogP contribution in [0.2, 0.25) is 0 Å². The van der Waals surface area contributed by atoms with Crippen LogP contribution in [-0.2, 0) is 24.7 Å². The molecule has 0 aliphatic heterocycles. The van der Waals surface area contributed by atoms with Crippen LogP contribution in [-0.4, -0.2) is 29.6 Å². The predicted molar refractivity (Wildman–Crippen MR) is 75.2 cm³/mol. The molecule has 0 amide bonds. The summed E-state index contributed by atoms with van der Waals surface area (Å²) in [5, 5.41) is 0. The Hall–Kier alpha value is -2.30. The Morgan fingerprint density at radius 2 is 1.95 bits per heavy atom. The van der Waals surface area contributed by atoms with Crippen LogP contribution in [0.1, 0.15) is 11.4 Å². The molecule has 0 aliphatic carbocycles. The van der Waals surface area contributed by atoms with Crippen LogP contribution in [0.3, 0.4) is 0 Å². The van der Waals surface area contributed by atoms with Gasteiger partial charge in [-0.25, -0.2) is 4.98 Å². The van der Waals surface area contributed by atoms with Gasteiger partial charge < -0.3 is 14.0 Å². The summed E-state index contributed by atoms with van der Waals surface area (Å²) in [5.41, 5.74) is 0.904. The van der Waals surface area contributed by atoms with E-state index < -0.39 is 0 Å². The SMILES string of the molecule is COc1ccc(CC(=O)Cc2nccn2C)cc1OC. The van der Waals surface area contributed by atoms with E-state index in [9.17, 15) is 4.79 Å². The van der Waals surface area contributed by atoms with Gasteiger partial charge in [-0.3, -0.25) is 4.79 Å². The topological polar surface area (TPSA) is 53.3 Å². The number of benzene rings is 1. The zero-order valence-corrected chi connectivity index (χ0v) is 11.9. The van der Waals surface area contributed by atoms with Crippen molar-refractivity contribution in [1.29, 1.82) is 0 Å². The molecule has 5 nitrogen and oxygen atoms in total. The molecule has 5 heteroatoms. The number of imidazole rings is 1. The lowest BCUT2D eigenvalue weighted by Gasteiger charge is -2.09. The first-order valence-electron chi connectivity index (χ1n) is 6.33. The highest BCUT2D eigenvalue weighted by molar-refractivity contribution is 5.82. The Kier molecular flexibility index (Phi) is 4.40. The third kappa shape index (κ3) is 3.17. The molecule has 0 atom stereocenters. The normalized spacial score (nSPS) is 10.3. The summed E-state index contributed by atoms with van der Waals surface area (Å²) < 4.78 is 12.3. The lowest BCUT2D eigenvalue weighted by molar-refractivity contribution is -0.117. The number of nitrogens with zero attached hydrogens (tertiary/aromatic N) is 2. The number of hydrogen-bond donors (Lipinski definition) is 0. The molecule has 20 heavy (non-hydrogen) atoms. The molecule has 0 bridgehead atoms. The first-order chi connectivity index (χ1) is 9.63. The largest absolute Gasteiger partial charge is 0.493 e. The van der Waals surface area contributed by atoms with Gasteiger partial charge in [0.05, 0.1) is 20.6 Å². The van der Waals surface area contributed by atoms with Gasteiger partial charge in [0, 0.05) is 25.9 Å². The van der Waals surface area contributed by atoms with E-state index in [-0.39, 0.29) is 5.78 Å². The van der Waals surface area contributed by atoms with Crippen molar-refractivity contribution in [3.8, 4) is 11.5 Å². The van der Waals surface area contributed by atoms with Gasteiger partial charge in [-0.2, -0.15) is 0 Å². The van der Waals surface area contributed by atoms with Crippen molar-refractivity contribution in [1.82, 2.24) is 9.55 Å². The second-order valence-corrected chi connectivity index (χ2v) is 4.54. The maximum absolute atomic E-state index is 12.1. The number of carbonyl (C=O) groups is 1. The lowest BCUT2D eigenvalue weighted by atomic mass is 10.1. The zero-order chi connectivity index (χ0) is 14.5. The van der Waals surface area contributed by atoms with Crippen LogP contribution in [0.4, 0.5) is 0 Å². The van der Waals surface area contributed by atoms with Crippen molar-refractivity contribution in [2.24, 2.45) is 7.05 Å². The molecule has 0 spiro atoms. The highest BCUT2D eigenvalue weighted by Crippen LogP contribution is 2.27. The van der Waals surface area contributed by atoms with Crippen LogP contribution in [0.15, 0.2) is 30.6 Å². The van der Waals surface area contributed by atoms with Gasteiger partial charge in [0.1, 0.15) is 11.6 Å². The average molecular weight is 274 g/mol. The Morgan fingerprint density at radius 3 is 2.55 bits per heavy atom. The summed E-state index contributed by atoms with van der Waals surface area (Å²) in [5.74, 6) is 2.18. The summed E-state index contributed by atoms with van der Waals surface area (Å²) in [7, 11) is 5.05. The number of ether oxygens (including phenoxy) is 2. The molecule has 0 saturated carbocycles. The third-order valence-corrected chi connectivity index (χ3v) is 3.13. The lowest BCUT2D eigenvalue weighted by Crippen LogP contribution is -2.10. The summed E-state index contributed by atoms with van der Waals surface area (Å²) in [6.45, 7) is 0. The van der Waals surface area contributed by atoms with Gasteiger partial charge in [-0.05, 0) is 17.7 Å². The Morgan fingerprint density at radius 1 is 1.20 bits per heavy atom. The van der Waals surface area contributed by atoms with Crippen LogP contribution < -0.4 is 9.47 Å². The van der Waals surface area contributed by atoms with Crippen molar-refractivity contribution in [3.63, 3.8) is 0 Å². The number of rotatable bonds is 6. The molecule has 0 fully saturated rings. The first kappa shape index (κ1) is 14.1. The maximum atomic E-state index is 12.1. The smallest absolute Gasteiger partial charge is 0.161 e.